The van der Waals surface area contributed by atoms with Crippen molar-refractivity contribution in [2.75, 3.05) is 0 Å². The molecule has 0 aliphatic rings. The Kier molecular flexibility index (Phi) is 6.63. The molecule has 0 amide bonds. The van der Waals surface area contributed by atoms with Crippen LogP contribution in [0.2, 0.25) is 0 Å². The van der Waals surface area contributed by atoms with Crippen LogP contribution in [0.25, 0.3) is 0 Å². The van der Waals surface area contributed by atoms with Gasteiger partial charge in [0, 0.05) is 0 Å². The van der Waals surface area contributed by atoms with Gasteiger partial charge in [0.2, 0.25) is 0 Å². The summed E-state index contributed by atoms with van der Waals surface area (Å²) in [7, 11) is 0. The maximum absolute atomic E-state index is 9.96. The third-order valence-electron chi connectivity index (χ3n) is 3.38. The number of hydrogen-bond donors (Lipinski definition) is 2. The van der Waals surface area contributed by atoms with Crippen LogP contribution in [0.4, 0.5) is 0 Å². The molecule has 1 aromatic carbocycles. The molecule has 1 rings (SSSR count). The first kappa shape index (κ1) is 14.9. The zero-order valence-electron chi connectivity index (χ0n) is 11.7. The van der Waals surface area contributed by atoms with Crippen LogP contribution in [0.3, 0.4) is 0 Å². The summed E-state index contributed by atoms with van der Waals surface area (Å²) < 4.78 is 0. The molecule has 0 spiro atoms. The Labute approximate surface area is 111 Å². The smallest absolute Gasteiger partial charge is 0.119 e. The van der Waals surface area contributed by atoms with Gasteiger partial charge in [-0.15, -0.1) is 0 Å². The predicted molar refractivity (Wildman–Crippen MR) is 76.2 cm³/mol. The lowest BCUT2D eigenvalue weighted by Gasteiger charge is -2.10. The van der Waals surface area contributed by atoms with Crippen molar-refractivity contribution in [3.05, 3.63) is 23.3 Å². The van der Waals surface area contributed by atoms with Gasteiger partial charge in [-0.05, 0) is 48.9 Å². The zero-order chi connectivity index (χ0) is 13.4. The minimum Gasteiger partial charge on any atom is -0.508 e. The second-order valence-electron chi connectivity index (χ2n) is 5.02. The molecule has 2 N–H and O–H groups in total. The molecule has 0 radical (unpaired) electrons. The maximum atomic E-state index is 9.96. The number of phenols is 2. The van der Waals surface area contributed by atoms with Crippen LogP contribution in [0.5, 0.6) is 11.5 Å². The van der Waals surface area contributed by atoms with Crippen LogP contribution < -0.4 is 0 Å². The highest BCUT2D eigenvalue weighted by atomic mass is 16.3. The molecule has 102 valence electrons. The van der Waals surface area contributed by atoms with Gasteiger partial charge in [-0.25, -0.2) is 0 Å². The van der Waals surface area contributed by atoms with Crippen molar-refractivity contribution >= 4 is 0 Å². The molecule has 1 aromatic rings. The van der Waals surface area contributed by atoms with E-state index in [0.29, 0.717) is 11.5 Å². The monoisotopic (exact) mass is 250 g/mol. The highest BCUT2D eigenvalue weighted by molar-refractivity contribution is 5.45. The van der Waals surface area contributed by atoms with E-state index in [1.165, 1.54) is 25.7 Å². The Hall–Kier alpha value is -1.18. The minimum atomic E-state index is 0.343. The van der Waals surface area contributed by atoms with Crippen LogP contribution >= 0.6 is 0 Å². The Morgan fingerprint density at radius 3 is 1.44 bits per heavy atom. The quantitative estimate of drug-likeness (QED) is 0.524. The van der Waals surface area contributed by atoms with E-state index in [0.717, 1.165) is 36.8 Å². The SMILES string of the molecule is CCCCCc1cc(O)c(CCCCC)cc1O. The Morgan fingerprint density at radius 1 is 0.722 bits per heavy atom. The average Bonchev–Trinajstić information content (AvgIpc) is 2.35. The van der Waals surface area contributed by atoms with Gasteiger partial charge in [-0.3, -0.25) is 0 Å². The lowest BCUT2D eigenvalue weighted by molar-refractivity contribution is 0.446. The number of phenolic OH excluding ortho intramolecular Hbond substituents is 2. The Bertz CT molecular complexity index is 323. The number of rotatable bonds is 8. The third-order valence-corrected chi connectivity index (χ3v) is 3.38. The molecule has 0 bridgehead atoms. The van der Waals surface area contributed by atoms with Crippen molar-refractivity contribution in [1.29, 1.82) is 0 Å². The lowest BCUT2D eigenvalue weighted by atomic mass is 10.00. The van der Waals surface area contributed by atoms with Crippen LogP contribution in [0, 0.1) is 0 Å². The fourth-order valence-electron chi connectivity index (χ4n) is 2.19. The van der Waals surface area contributed by atoms with Gasteiger partial charge < -0.3 is 10.2 Å². The number of aromatic hydroxyl groups is 2. The molecule has 2 nitrogen and oxygen atoms in total. The molecule has 0 saturated heterocycles. The van der Waals surface area contributed by atoms with Gasteiger partial charge in [0.25, 0.3) is 0 Å². The number of benzene rings is 1. The molecule has 0 heterocycles. The summed E-state index contributed by atoms with van der Waals surface area (Å²) in [5.41, 5.74) is 1.75. The van der Waals surface area contributed by atoms with Gasteiger partial charge in [0.05, 0.1) is 0 Å². The molecule has 0 aliphatic carbocycles. The van der Waals surface area contributed by atoms with E-state index < -0.39 is 0 Å². The van der Waals surface area contributed by atoms with Crippen molar-refractivity contribution in [3.8, 4) is 11.5 Å². The second-order valence-corrected chi connectivity index (χ2v) is 5.02. The summed E-state index contributed by atoms with van der Waals surface area (Å²) in [6.07, 6.45) is 8.50. The van der Waals surface area contributed by atoms with E-state index in [4.69, 9.17) is 0 Å². The summed E-state index contributed by atoms with van der Waals surface area (Å²) in [5, 5.41) is 19.9. The summed E-state index contributed by atoms with van der Waals surface area (Å²) >= 11 is 0. The molecule has 0 aromatic heterocycles. The molecule has 2 heteroatoms. The van der Waals surface area contributed by atoms with Gasteiger partial charge >= 0.3 is 0 Å². The van der Waals surface area contributed by atoms with Gasteiger partial charge in [-0.1, -0.05) is 39.5 Å². The summed E-state index contributed by atoms with van der Waals surface area (Å²) in [5.74, 6) is 0.686. The van der Waals surface area contributed by atoms with Gasteiger partial charge in [0.1, 0.15) is 11.5 Å². The van der Waals surface area contributed by atoms with Crippen molar-refractivity contribution < 1.29 is 10.2 Å². The van der Waals surface area contributed by atoms with E-state index in [-0.39, 0.29) is 0 Å². The highest BCUT2D eigenvalue weighted by Gasteiger charge is 2.08. The normalized spacial score (nSPS) is 10.8. The zero-order valence-corrected chi connectivity index (χ0v) is 11.7. The minimum absolute atomic E-state index is 0.343. The fourth-order valence-corrected chi connectivity index (χ4v) is 2.19. The summed E-state index contributed by atoms with van der Waals surface area (Å²) in [6.45, 7) is 4.32. The number of aryl methyl sites for hydroxylation is 2. The molecular weight excluding hydrogens is 224 g/mol. The Balaban J connectivity index is 2.64. The highest BCUT2D eigenvalue weighted by Crippen LogP contribution is 2.29. The predicted octanol–water partition coefficient (Wildman–Crippen LogP) is 4.56. The van der Waals surface area contributed by atoms with Crippen molar-refractivity contribution in [3.63, 3.8) is 0 Å². The topological polar surface area (TPSA) is 40.5 Å². The lowest BCUT2D eigenvalue weighted by Crippen LogP contribution is -1.92. The van der Waals surface area contributed by atoms with Crippen molar-refractivity contribution in [1.82, 2.24) is 0 Å². The second kappa shape index (κ2) is 8.02. The van der Waals surface area contributed by atoms with Crippen LogP contribution in [-0.2, 0) is 12.8 Å². The van der Waals surface area contributed by atoms with Crippen LogP contribution in [0.1, 0.15) is 63.5 Å². The first-order valence-electron chi connectivity index (χ1n) is 7.22. The third kappa shape index (κ3) is 4.59. The number of unbranched alkanes of at least 4 members (excludes halogenated alkanes) is 4. The average molecular weight is 250 g/mol. The standard InChI is InChI=1S/C16H26O2/c1-3-5-7-9-13-11-16(18)14(12-15(13)17)10-8-6-4-2/h11-12,17-18H,3-10H2,1-2H3. The molecule has 0 unspecified atom stereocenters. The van der Waals surface area contributed by atoms with Crippen molar-refractivity contribution in [2.45, 2.75) is 65.2 Å². The summed E-state index contributed by atoms with van der Waals surface area (Å²) in [4.78, 5) is 0. The molecule has 0 saturated carbocycles. The van der Waals surface area contributed by atoms with Gasteiger partial charge in [0.15, 0.2) is 0 Å². The first-order valence-corrected chi connectivity index (χ1v) is 7.22. The van der Waals surface area contributed by atoms with E-state index >= 15 is 0 Å². The van der Waals surface area contributed by atoms with Gasteiger partial charge in [-0.2, -0.15) is 0 Å². The van der Waals surface area contributed by atoms with Crippen molar-refractivity contribution in [2.24, 2.45) is 0 Å². The molecular formula is C16H26O2. The fraction of sp³-hybridized carbons (Fsp3) is 0.625. The van der Waals surface area contributed by atoms with E-state index in [1.54, 1.807) is 12.1 Å². The molecule has 0 fully saturated rings. The summed E-state index contributed by atoms with van der Waals surface area (Å²) in [6, 6.07) is 3.48. The maximum Gasteiger partial charge on any atom is 0.119 e. The van der Waals surface area contributed by atoms with E-state index in [2.05, 4.69) is 13.8 Å². The van der Waals surface area contributed by atoms with Crippen LogP contribution in [-0.4, -0.2) is 10.2 Å². The van der Waals surface area contributed by atoms with E-state index in [1.807, 2.05) is 0 Å². The Morgan fingerprint density at radius 2 is 1.11 bits per heavy atom. The molecule has 0 aliphatic heterocycles. The largest absolute Gasteiger partial charge is 0.508 e. The molecule has 18 heavy (non-hydrogen) atoms. The van der Waals surface area contributed by atoms with Crippen LogP contribution in [0.15, 0.2) is 12.1 Å². The van der Waals surface area contributed by atoms with E-state index in [9.17, 15) is 10.2 Å². The molecule has 0 atom stereocenters. The number of hydrogen-bond acceptors (Lipinski definition) is 2. The first-order chi connectivity index (χ1) is 8.69.